The predicted octanol–water partition coefficient (Wildman–Crippen LogP) is 5.29. The maximum absolute atomic E-state index is 13.1. The predicted molar refractivity (Wildman–Crippen MR) is 164 cm³/mol. The van der Waals surface area contributed by atoms with Crippen LogP contribution in [0, 0.1) is 3.57 Å². The van der Waals surface area contributed by atoms with Gasteiger partial charge in [0.2, 0.25) is 18.6 Å². The molecule has 0 saturated carbocycles. The molecule has 206 valence electrons. The number of halogens is 1. The molecule has 41 heavy (non-hydrogen) atoms. The van der Waals surface area contributed by atoms with Crippen molar-refractivity contribution >= 4 is 85.7 Å². The van der Waals surface area contributed by atoms with Gasteiger partial charge in [-0.15, -0.1) is 0 Å². The van der Waals surface area contributed by atoms with Crippen LogP contribution in [-0.2, 0) is 20.9 Å². The largest absolute Gasteiger partial charge is 0.454 e. The molecular formula is C29H21IN4O6S. The van der Waals surface area contributed by atoms with Crippen molar-refractivity contribution in [2.75, 3.05) is 24.0 Å². The van der Waals surface area contributed by atoms with Crippen molar-refractivity contribution in [2.45, 2.75) is 6.54 Å². The first kappa shape index (κ1) is 26.9. The molecule has 0 bridgehead atoms. The lowest BCUT2D eigenvalue weighted by Crippen LogP contribution is -2.36. The third-order valence-electron chi connectivity index (χ3n) is 6.38. The van der Waals surface area contributed by atoms with Crippen LogP contribution in [0.2, 0.25) is 0 Å². The first-order valence-corrected chi connectivity index (χ1v) is 14.3. The number of para-hydroxylation sites is 1. The third kappa shape index (κ3) is 5.79. The molecule has 2 aliphatic rings. The van der Waals surface area contributed by atoms with Gasteiger partial charge in [0, 0.05) is 43.7 Å². The smallest absolute Gasteiger partial charge is 0.294 e. The standard InChI is InChI=1S/C29H21IN4O6S/c30-18-5-7-19(8-6-18)31-27(36)15-34-28(37)25(41-29(34)38)11-17-13-33(22-4-2-1-3-21(17)22)14-26(35)32-20-9-10-23-24(12-20)40-16-39-23/h1-13H,14-16H2,(H,31,36)(H,32,35)/b25-11-. The molecule has 0 radical (unpaired) electrons. The fourth-order valence-corrected chi connectivity index (χ4v) is 5.69. The van der Waals surface area contributed by atoms with Crippen LogP contribution in [0.5, 0.6) is 11.5 Å². The Morgan fingerprint density at radius 3 is 2.44 bits per heavy atom. The van der Waals surface area contributed by atoms with Crippen LogP contribution in [0.1, 0.15) is 5.56 Å². The maximum atomic E-state index is 13.1. The van der Waals surface area contributed by atoms with E-state index in [1.807, 2.05) is 36.4 Å². The van der Waals surface area contributed by atoms with Crippen molar-refractivity contribution in [2.24, 2.45) is 0 Å². The molecule has 1 fully saturated rings. The number of hydrogen-bond donors (Lipinski definition) is 2. The lowest BCUT2D eigenvalue weighted by Gasteiger charge is -2.12. The molecule has 0 aliphatic carbocycles. The monoisotopic (exact) mass is 680 g/mol. The number of carbonyl (C=O) groups excluding carboxylic acids is 4. The summed E-state index contributed by atoms with van der Waals surface area (Å²) in [6.07, 6.45) is 3.39. The lowest BCUT2D eigenvalue weighted by molar-refractivity contribution is -0.127. The second-order valence-corrected chi connectivity index (χ2v) is 11.4. The number of thioether (sulfide) groups is 1. The first-order chi connectivity index (χ1) is 19.8. The van der Waals surface area contributed by atoms with Gasteiger partial charge < -0.3 is 24.7 Å². The summed E-state index contributed by atoms with van der Waals surface area (Å²) < 4.78 is 13.5. The van der Waals surface area contributed by atoms with E-state index in [0.29, 0.717) is 28.4 Å². The summed E-state index contributed by atoms with van der Waals surface area (Å²) in [5.41, 5.74) is 2.62. The molecule has 4 aromatic rings. The molecule has 1 saturated heterocycles. The van der Waals surface area contributed by atoms with Gasteiger partial charge in [-0.05, 0) is 82.9 Å². The number of nitrogens with zero attached hydrogens (tertiary/aromatic N) is 2. The second kappa shape index (κ2) is 11.3. The summed E-state index contributed by atoms with van der Waals surface area (Å²) in [6.45, 7) is -0.232. The summed E-state index contributed by atoms with van der Waals surface area (Å²) in [5.74, 6) is -0.0801. The van der Waals surface area contributed by atoms with Gasteiger partial charge in [-0.25, -0.2) is 0 Å². The Morgan fingerprint density at radius 1 is 0.902 bits per heavy atom. The minimum Gasteiger partial charge on any atom is -0.454 e. The van der Waals surface area contributed by atoms with Crippen LogP contribution in [-0.4, -0.2) is 45.8 Å². The van der Waals surface area contributed by atoms with E-state index in [2.05, 4.69) is 33.2 Å². The van der Waals surface area contributed by atoms with E-state index in [0.717, 1.165) is 31.1 Å². The van der Waals surface area contributed by atoms with Crippen molar-refractivity contribution in [3.05, 3.63) is 87.0 Å². The van der Waals surface area contributed by atoms with Crippen LogP contribution < -0.4 is 20.1 Å². The number of carbonyl (C=O) groups is 4. The van der Waals surface area contributed by atoms with Gasteiger partial charge in [0.15, 0.2) is 11.5 Å². The van der Waals surface area contributed by atoms with E-state index in [-0.39, 0.29) is 24.2 Å². The molecular weight excluding hydrogens is 659 g/mol. The number of amides is 4. The number of nitrogens with one attached hydrogen (secondary N) is 2. The molecule has 0 atom stereocenters. The molecule has 0 spiro atoms. The Kier molecular flexibility index (Phi) is 7.41. The molecule has 3 aromatic carbocycles. The fraction of sp³-hybridized carbons (Fsp3) is 0.103. The van der Waals surface area contributed by atoms with Gasteiger partial charge in [-0.2, -0.15) is 0 Å². The van der Waals surface area contributed by atoms with Crippen LogP contribution in [0.15, 0.2) is 77.8 Å². The second-order valence-electron chi connectivity index (χ2n) is 9.17. The summed E-state index contributed by atoms with van der Waals surface area (Å²) in [5, 5.41) is 5.86. The third-order valence-corrected chi connectivity index (χ3v) is 8.01. The summed E-state index contributed by atoms with van der Waals surface area (Å²) in [6, 6.07) is 19.8. The van der Waals surface area contributed by atoms with Gasteiger partial charge in [-0.1, -0.05) is 18.2 Å². The number of anilines is 2. The highest BCUT2D eigenvalue weighted by molar-refractivity contribution is 14.1. The van der Waals surface area contributed by atoms with Gasteiger partial charge in [0.05, 0.1) is 4.91 Å². The highest BCUT2D eigenvalue weighted by Crippen LogP contribution is 2.35. The Balaban J connectivity index is 1.17. The number of aromatic nitrogens is 1. The van der Waals surface area contributed by atoms with Gasteiger partial charge in [-0.3, -0.25) is 24.1 Å². The number of rotatable bonds is 7. The van der Waals surface area contributed by atoms with Crippen molar-refractivity contribution in [3.63, 3.8) is 0 Å². The van der Waals surface area contributed by atoms with E-state index >= 15 is 0 Å². The van der Waals surface area contributed by atoms with E-state index < -0.39 is 23.6 Å². The fourth-order valence-electron chi connectivity index (χ4n) is 4.51. The first-order valence-electron chi connectivity index (χ1n) is 12.4. The van der Waals surface area contributed by atoms with Crippen molar-refractivity contribution in [1.82, 2.24) is 9.47 Å². The van der Waals surface area contributed by atoms with Crippen LogP contribution in [0.3, 0.4) is 0 Å². The summed E-state index contributed by atoms with van der Waals surface area (Å²) in [7, 11) is 0. The Hall–Kier alpha value is -4.30. The molecule has 4 amide bonds. The molecule has 1 aromatic heterocycles. The van der Waals surface area contributed by atoms with Crippen LogP contribution >= 0.6 is 34.4 Å². The van der Waals surface area contributed by atoms with Crippen LogP contribution in [0.25, 0.3) is 17.0 Å². The highest BCUT2D eigenvalue weighted by atomic mass is 127. The summed E-state index contributed by atoms with van der Waals surface area (Å²) >= 11 is 2.94. The molecule has 3 heterocycles. The van der Waals surface area contributed by atoms with Crippen molar-refractivity contribution in [1.29, 1.82) is 0 Å². The zero-order valence-electron chi connectivity index (χ0n) is 21.3. The lowest BCUT2D eigenvalue weighted by atomic mass is 10.1. The topological polar surface area (TPSA) is 119 Å². The number of benzene rings is 3. The average Bonchev–Trinajstić information content (AvgIpc) is 3.63. The minimum absolute atomic E-state index is 0.0168. The summed E-state index contributed by atoms with van der Waals surface area (Å²) in [4.78, 5) is 52.3. The Morgan fingerprint density at radius 2 is 1.61 bits per heavy atom. The van der Waals surface area contributed by atoms with Gasteiger partial charge >= 0.3 is 0 Å². The van der Waals surface area contributed by atoms with E-state index in [4.69, 9.17) is 9.47 Å². The molecule has 0 unspecified atom stereocenters. The maximum Gasteiger partial charge on any atom is 0.294 e. The number of ether oxygens (including phenoxy) is 2. The molecule has 12 heteroatoms. The quantitative estimate of drug-likeness (QED) is 0.201. The molecule has 2 aliphatic heterocycles. The highest BCUT2D eigenvalue weighted by Gasteiger charge is 2.36. The zero-order valence-corrected chi connectivity index (χ0v) is 24.2. The molecule has 6 rings (SSSR count). The SMILES string of the molecule is O=C(CN1C(=O)S/C(=C\c2cn(CC(=O)Nc3ccc4c(c3)OCO4)c3ccccc23)C1=O)Nc1ccc(I)cc1. The van der Waals surface area contributed by atoms with E-state index in [1.54, 1.807) is 47.2 Å². The molecule has 10 nitrogen and oxygen atoms in total. The average molecular weight is 680 g/mol. The minimum atomic E-state index is -0.546. The van der Waals surface area contributed by atoms with Gasteiger partial charge in [0.1, 0.15) is 13.1 Å². The van der Waals surface area contributed by atoms with Crippen LogP contribution in [0.4, 0.5) is 16.2 Å². The molecule has 2 N–H and O–H groups in total. The normalized spacial score (nSPS) is 15.1. The Bertz CT molecular complexity index is 1750. The van der Waals surface area contributed by atoms with Gasteiger partial charge in [0.25, 0.3) is 11.1 Å². The Labute approximate surface area is 251 Å². The van der Waals surface area contributed by atoms with Crippen molar-refractivity contribution < 1.29 is 28.7 Å². The van der Waals surface area contributed by atoms with E-state index in [9.17, 15) is 19.2 Å². The van der Waals surface area contributed by atoms with Crippen molar-refractivity contribution in [3.8, 4) is 11.5 Å². The number of imide groups is 1. The number of fused-ring (bicyclic) bond motifs is 2. The zero-order chi connectivity index (χ0) is 28.5. The van der Waals surface area contributed by atoms with E-state index in [1.165, 1.54) is 0 Å². The number of hydrogen-bond acceptors (Lipinski definition) is 7.